The van der Waals surface area contributed by atoms with Crippen LogP contribution in [0.3, 0.4) is 0 Å². The van der Waals surface area contributed by atoms with E-state index < -0.39 is 0 Å². The van der Waals surface area contributed by atoms with Crippen molar-refractivity contribution in [2.24, 2.45) is 0 Å². The van der Waals surface area contributed by atoms with E-state index in [4.69, 9.17) is 4.74 Å². The fourth-order valence-electron chi connectivity index (χ4n) is 3.17. The first kappa shape index (κ1) is 16.8. The van der Waals surface area contributed by atoms with Gasteiger partial charge >= 0.3 is 6.03 Å². The van der Waals surface area contributed by atoms with Crippen LogP contribution in [-0.4, -0.2) is 24.1 Å². The number of para-hydroxylation sites is 2. The fraction of sp³-hybridized carbons (Fsp3) is 0.421. The predicted octanol–water partition coefficient (Wildman–Crippen LogP) is 5.30. The molecule has 1 N–H and O–H groups in total. The summed E-state index contributed by atoms with van der Waals surface area (Å²) in [7, 11) is 0. The molecule has 24 heavy (non-hydrogen) atoms. The first-order valence-electron chi connectivity index (χ1n) is 8.62. The molecule has 5 heteroatoms. The third-order valence-corrected chi connectivity index (χ3v) is 5.29. The van der Waals surface area contributed by atoms with Gasteiger partial charge in [0.25, 0.3) is 0 Å². The number of carbonyl (C=O) groups excluding carboxylic acids is 1. The van der Waals surface area contributed by atoms with Gasteiger partial charge in [-0.1, -0.05) is 31.0 Å². The summed E-state index contributed by atoms with van der Waals surface area (Å²) >= 11 is 1.73. The van der Waals surface area contributed by atoms with Gasteiger partial charge in [0.15, 0.2) is 0 Å². The molecule has 3 rings (SSSR count). The average Bonchev–Trinajstić information content (AvgIpc) is 3.01. The van der Waals surface area contributed by atoms with E-state index in [1.165, 1.54) is 17.7 Å². The van der Waals surface area contributed by atoms with Crippen LogP contribution in [0.5, 0.6) is 5.75 Å². The molecule has 0 saturated carbocycles. The molecule has 1 saturated heterocycles. The first-order valence-corrected chi connectivity index (χ1v) is 9.50. The lowest BCUT2D eigenvalue weighted by Gasteiger charge is -2.29. The zero-order chi connectivity index (χ0) is 16.8. The van der Waals surface area contributed by atoms with E-state index in [-0.39, 0.29) is 12.1 Å². The molecule has 1 aliphatic heterocycles. The molecule has 0 aliphatic carbocycles. The Kier molecular flexibility index (Phi) is 5.75. The Hall–Kier alpha value is -2.01. The molecule has 2 heterocycles. The smallest absolute Gasteiger partial charge is 0.322 e. The second-order valence-electron chi connectivity index (χ2n) is 5.93. The topological polar surface area (TPSA) is 41.6 Å². The highest BCUT2D eigenvalue weighted by molar-refractivity contribution is 7.10. The Morgan fingerprint density at radius 3 is 2.92 bits per heavy atom. The maximum absolute atomic E-state index is 12.9. The van der Waals surface area contributed by atoms with Gasteiger partial charge in [-0.15, -0.1) is 11.3 Å². The number of hydrogen-bond donors (Lipinski definition) is 1. The number of amides is 2. The molecule has 128 valence electrons. The van der Waals surface area contributed by atoms with Crippen molar-refractivity contribution in [3.63, 3.8) is 0 Å². The summed E-state index contributed by atoms with van der Waals surface area (Å²) in [4.78, 5) is 16.2. The lowest BCUT2D eigenvalue weighted by Crippen LogP contribution is -2.37. The van der Waals surface area contributed by atoms with Gasteiger partial charge in [0.05, 0.1) is 18.3 Å². The van der Waals surface area contributed by atoms with E-state index in [0.29, 0.717) is 6.61 Å². The van der Waals surface area contributed by atoms with Gasteiger partial charge in [-0.05, 0) is 43.3 Å². The SMILES string of the molecule is CCOc1ccccc1NC(=O)N1CCCCC[C@@H]1c1cccs1. The molecule has 1 aromatic heterocycles. The number of likely N-dealkylation sites (tertiary alicyclic amines) is 1. The summed E-state index contributed by atoms with van der Waals surface area (Å²) < 4.78 is 5.62. The minimum atomic E-state index is -0.0394. The van der Waals surface area contributed by atoms with Gasteiger partial charge in [0.2, 0.25) is 0 Å². The van der Waals surface area contributed by atoms with E-state index in [9.17, 15) is 4.79 Å². The van der Waals surface area contributed by atoms with Gasteiger partial charge in [-0.25, -0.2) is 4.79 Å². The van der Waals surface area contributed by atoms with Crippen LogP contribution >= 0.6 is 11.3 Å². The summed E-state index contributed by atoms with van der Waals surface area (Å²) in [6, 6.07) is 11.9. The number of rotatable bonds is 4. The number of thiophene rings is 1. The molecule has 2 amide bonds. The minimum Gasteiger partial charge on any atom is -0.492 e. The normalized spacial score (nSPS) is 18.0. The molecule has 0 unspecified atom stereocenters. The van der Waals surface area contributed by atoms with Gasteiger partial charge in [-0.3, -0.25) is 0 Å². The predicted molar refractivity (Wildman–Crippen MR) is 98.9 cm³/mol. The van der Waals surface area contributed by atoms with Crippen molar-refractivity contribution in [2.75, 3.05) is 18.5 Å². The van der Waals surface area contributed by atoms with Crippen LogP contribution in [0.25, 0.3) is 0 Å². The summed E-state index contributed by atoms with van der Waals surface area (Å²) in [6.07, 6.45) is 4.44. The molecule has 1 atom stereocenters. The number of benzene rings is 1. The van der Waals surface area contributed by atoms with Crippen molar-refractivity contribution in [1.29, 1.82) is 0 Å². The maximum atomic E-state index is 12.9. The summed E-state index contributed by atoms with van der Waals surface area (Å²) in [5, 5.41) is 5.14. The molecule has 0 radical (unpaired) electrons. The monoisotopic (exact) mass is 344 g/mol. The molecular formula is C19H24N2O2S. The van der Waals surface area contributed by atoms with E-state index >= 15 is 0 Å². The fourth-order valence-corrected chi connectivity index (χ4v) is 4.04. The molecule has 1 fully saturated rings. The molecule has 4 nitrogen and oxygen atoms in total. The van der Waals surface area contributed by atoms with Crippen molar-refractivity contribution in [2.45, 2.75) is 38.6 Å². The van der Waals surface area contributed by atoms with E-state index in [1.54, 1.807) is 11.3 Å². The lowest BCUT2D eigenvalue weighted by molar-refractivity contribution is 0.190. The molecule has 0 bridgehead atoms. The largest absolute Gasteiger partial charge is 0.492 e. The number of carbonyl (C=O) groups is 1. The number of urea groups is 1. The Labute approximate surface area is 147 Å². The van der Waals surface area contributed by atoms with Crippen LogP contribution in [0.2, 0.25) is 0 Å². The maximum Gasteiger partial charge on any atom is 0.322 e. The number of nitrogens with zero attached hydrogens (tertiary/aromatic N) is 1. The molecule has 2 aromatic rings. The van der Waals surface area contributed by atoms with E-state index in [1.807, 2.05) is 36.1 Å². The lowest BCUT2D eigenvalue weighted by atomic mass is 10.1. The highest BCUT2D eigenvalue weighted by atomic mass is 32.1. The first-order chi connectivity index (χ1) is 11.8. The van der Waals surface area contributed by atoms with Gasteiger partial charge in [-0.2, -0.15) is 0 Å². The summed E-state index contributed by atoms with van der Waals surface area (Å²) in [6.45, 7) is 3.32. The van der Waals surface area contributed by atoms with Crippen LogP contribution < -0.4 is 10.1 Å². The second-order valence-corrected chi connectivity index (χ2v) is 6.91. The van der Waals surface area contributed by atoms with Crippen LogP contribution in [0.15, 0.2) is 41.8 Å². The number of ether oxygens (including phenoxy) is 1. The van der Waals surface area contributed by atoms with Crippen molar-refractivity contribution in [3.8, 4) is 5.75 Å². The molecule has 0 spiro atoms. The third-order valence-electron chi connectivity index (χ3n) is 4.31. The average molecular weight is 344 g/mol. The van der Waals surface area contributed by atoms with Crippen molar-refractivity contribution >= 4 is 23.1 Å². The molecule has 1 aliphatic rings. The van der Waals surface area contributed by atoms with Crippen molar-refractivity contribution in [3.05, 3.63) is 46.7 Å². The number of nitrogens with one attached hydrogen (secondary N) is 1. The quantitative estimate of drug-likeness (QED) is 0.818. The van der Waals surface area contributed by atoms with Gasteiger partial charge in [0.1, 0.15) is 5.75 Å². The van der Waals surface area contributed by atoms with E-state index in [0.717, 1.165) is 30.8 Å². The third kappa shape index (κ3) is 3.90. The Morgan fingerprint density at radius 1 is 1.25 bits per heavy atom. The summed E-state index contributed by atoms with van der Waals surface area (Å²) in [5.41, 5.74) is 0.735. The van der Waals surface area contributed by atoms with Crippen LogP contribution in [-0.2, 0) is 0 Å². The zero-order valence-corrected chi connectivity index (χ0v) is 14.8. The Balaban J connectivity index is 1.79. The number of anilines is 1. The highest BCUT2D eigenvalue weighted by Gasteiger charge is 2.27. The molecule has 1 aromatic carbocycles. The summed E-state index contributed by atoms with van der Waals surface area (Å²) in [5.74, 6) is 0.718. The molecular weight excluding hydrogens is 320 g/mol. The van der Waals surface area contributed by atoms with Gasteiger partial charge < -0.3 is 15.0 Å². The Morgan fingerprint density at radius 2 is 2.12 bits per heavy atom. The van der Waals surface area contributed by atoms with Crippen molar-refractivity contribution < 1.29 is 9.53 Å². The van der Waals surface area contributed by atoms with Gasteiger partial charge in [0, 0.05) is 11.4 Å². The number of hydrogen-bond acceptors (Lipinski definition) is 3. The minimum absolute atomic E-state index is 0.0394. The van der Waals surface area contributed by atoms with Crippen LogP contribution in [0, 0.1) is 0 Å². The van der Waals surface area contributed by atoms with Crippen molar-refractivity contribution in [1.82, 2.24) is 4.90 Å². The standard InChI is InChI=1S/C19H24N2O2S/c1-2-23-17-11-6-5-9-15(17)20-19(22)21-13-7-3-4-10-16(21)18-12-8-14-24-18/h5-6,8-9,11-12,14,16H,2-4,7,10,13H2,1H3,(H,20,22)/t16-/m1/s1. The Bertz CT molecular complexity index is 657. The second kappa shape index (κ2) is 8.20. The van der Waals surface area contributed by atoms with Crippen LogP contribution in [0.1, 0.15) is 43.5 Å². The van der Waals surface area contributed by atoms with E-state index in [2.05, 4.69) is 22.8 Å². The van der Waals surface area contributed by atoms with Crippen LogP contribution in [0.4, 0.5) is 10.5 Å². The highest BCUT2D eigenvalue weighted by Crippen LogP contribution is 2.34. The zero-order valence-electron chi connectivity index (χ0n) is 14.0.